The van der Waals surface area contributed by atoms with Gasteiger partial charge in [-0.25, -0.2) is 0 Å². The van der Waals surface area contributed by atoms with Crippen molar-refractivity contribution in [1.82, 2.24) is 0 Å². The molecule has 108 valence electrons. The van der Waals surface area contributed by atoms with E-state index in [0.717, 1.165) is 45.7 Å². The summed E-state index contributed by atoms with van der Waals surface area (Å²) in [4.78, 5) is 0. The molecule has 4 nitrogen and oxygen atoms in total. The lowest BCUT2D eigenvalue weighted by molar-refractivity contribution is -0.368. The molecule has 2 aliphatic rings. The molecule has 0 spiro atoms. The van der Waals surface area contributed by atoms with E-state index in [4.69, 9.17) is 14.2 Å². The molecule has 2 saturated heterocycles. The number of epoxide rings is 2. The predicted molar refractivity (Wildman–Crippen MR) is 68.5 cm³/mol. The van der Waals surface area contributed by atoms with Crippen LogP contribution >= 0.6 is 0 Å². The Bertz CT molecular complexity index is 159. The Balaban J connectivity index is 0.000000182. The van der Waals surface area contributed by atoms with Crippen LogP contribution in [0, 0.1) is 0 Å². The molecule has 2 fully saturated rings. The average molecular weight is 259 g/mol. The van der Waals surface area contributed by atoms with Crippen molar-refractivity contribution >= 4 is 0 Å². The summed E-state index contributed by atoms with van der Waals surface area (Å²) in [5.41, 5.74) is 0. The van der Waals surface area contributed by atoms with Gasteiger partial charge in [-0.1, -0.05) is 19.8 Å². The van der Waals surface area contributed by atoms with Crippen molar-refractivity contribution in [1.29, 1.82) is 0 Å². The fourth-order valence-corrected chi connectivity index (χ4v) is 1.50. The lowest BCUT2D eigenvalue weighted by Gasteiger charge is -2.04. The zero-order chi connectivity index (χ0) is 13.1. The van der Waals surface area contributed by atoms with E-state index in [1.54, 1.807) is 0 Å². The maximum Gasteiger partial charge on any atom is 0.0810 e. The summed E-state index contributed by atoms with van der Waals surface area (Å²) in [6.45, 7) is 5.79. The molecule has 0 aromatic rings. The predicted octanol–water partition coefficient (Wildman–Crippen LogP) is 1.51. The van der Waals surface area contributed by atoms with Gasteiger partial charge in [-0.15, -0.1) is 6.61 Å². The zero-order valence-electron chi connectivity index (χ0n) is 11.6. The minimum Gasteiger partial charge on any atom is -0.854 e. The maximum absolute atomic E-state index is 9.96. The number of rotatable bonds is 10. The van der Waals surface area contributed by atoms with Crippen LogP contribution in [-0.4, -0.2) is 45.2 Å². The maximum atomic E-state index is 9.96. The third kappa shape index (κ3) is 11.0. The lowest BCUT2D eigenvalue weighted by atomic mass is 10.2. The van der Waals surface area contributed by atoms with E-state index in [9.17, 15) is 5.11 Å². The number of hydrogen-bond donors (Lipinski definition) is 0. The fourth-order valence-electron chi connectivity index (χ4n) is 1.50. The van der Waals surface area contributed by atoms with E-state index in [1.165, 1.54) is 19.3 Å². The average Bonchev–Trinajstić information content (AvgIpc) is 3.26. The smallest absolute Gasteiger partial charge is 0.0810 e. The van der Waals surface area contributed by atoms with Gasteiger partial charge in [0.15, 0.2) is 0 Å². The third-order valence-electron chi connectivity index (χ3n) is 2.94. The quantitative estimate of drug-likeness (QED) is 0.441. The third-order valence-corrected chi connectivity index (χ3v) is 2.94. The van der Waals surface area contributed by atoms with Crippen molar-refractivity contribution in [3.63, 3.8) is 0 Å². The van der Waals surface area contributed by atoms with Crippen LogP contribution in [0.2, 0.25) is 0 Å². The second-order valence-electron chi connectivity index (χ2n) is 4.87. The van der Waals surface area contributed by atoms with Crippen LogP contribution in [-0.2, 0) is 14.2 Å². The van der Waals surface area contributed by atoms with Gasteiger partial charge in [-0.2, -0.15) is 0 Å². The molecule has 0 aromatic carbocycles. The van der Waals surface area contributed by atoms with Gasteiger partial charge >= 0.3 is 0 Å². The standard InChI is InChI=1S/C8H17O2.C6H10O2/c1-2-3-7-10-8-5-4-6-9;1(5-3-7-5)2-6-4-8-6/h2-8H2,1H3;5-6H,1-4H2/q-1;. The monoisotopic (exact) mass is 259 g/mol. The SMILES string of the molecule is C(CC1CO1)C1CO1.CCCCOCCCC[O-]. The largest absolute Gasteiger partial charge is 0.854 e. The second kappa shape index (κ2) is 10.7. The first-order valence-corrected chi connectivity index (χ1v) is 7.25. The first-order valence-electron chi connectivity index (χ1n) is 7.25. The fraction of sp³-hybridized carbons (Fsp3) is 1.00. The summed E-state index contributed by atoms with van der Waals surface area (Å²) in [6.07, 6.45) is 7.62. The Morgan fingerprint density at radius 1 is 1.00 bits per heavy atom. The molecule has 0 radical (unpaired) electrons. The lowest BCUT2D eigenvalue weighted by Crippen LogP contribution is -2.06. The molecule has 0 bridgehead atoms. The van der Waals surface area contributed by atoms with Crippen LogP contribution < -0.4 is 5.11 Å². The van der Waals surface area contributed by atoms with Crippen LogP contribution in [0.3, 0.4) is 0 Å². The van der Waals surface area contributed by atoms with Gasteiger partial charge in [-0.3, -0.25) is 0 Å². The van der Waals surface area contributed by atoms with Crippen LogP contribution in [0.1, 0.15) is 45.4 Å². The van der Waals surface area contributed by atoms with Gasteiger partial charge in [0, 0.05) is 13.2 Å². The molecule has 18 heavy (non-hydrogen) atoms. The second-order valence-corrected chi connectivity index (χ2v) is 4.87. The van der Waals surface area contributed by atoms with Crippen LogP contribution in [0.25, 0.3) is 0 Å². The summed E-state index contributed by atoms with van der Waals surface area (Å²) < 4.78 is 15.3. The Labute approximate surface area is 111 Å². The van der Waals surface area contributed by atoms with Crippen LogP contribution in [0.5, 0.6) is 0 Å². The molecular formula is C14H27O4-. The van der Waals surface area contributed by atoms with Gasteiger partial charge in [0.1, 0.15) is 0 Å². The summed E-state index contributed by atoms with van der Waals surface area (Å²) in [5, 5.41) is 9.96. The van der Waals surface area contributed by atoms with Gasteiger partial charge < -0.3 is 19.3 Å². The molecule has 2 rings (SSSR count). The normalized spacial score (nSPS) is 24.3. The molecule has 0 aliphatic carbocycles. The van der Waals surface area contributed by atoms with Crippen molar-refractivity contribution in [2.75, 3.05) is 33.0 Å². The van der Waals surface area contributed by atoms with E-state index >= 15 is 0 Å². The molecular weight excluding hydrogens is 232 g/mol. The Hall–Kier alpha value is -0.160. The first kappa shape index (κ1) is 15.9. The summed E-state index contributed by atoms with van der Waals surface area (Å²) in [7, 11) is 0. The molecule has 2 heterocycles. The van der Waals surface area contributed by atoms with Gasteiger partial charge in [0.2, 0.25) is 0 Å². The first-order chi connectivity index (χ1) is 8.86. The number of unbranched alkanes of at least 4 members (excludes halogenated alkanes) is 2. The van der Waals surface area contributed by atoms with Gasteiger partial charge in [0.25, 0.3) is 0 Å². The van der Waals surface area contributed by atoms with Crippen molar-refractivity contribution in [2.24, 2.45) is 0 Å². The van der Waals surface area contributed by atoms with Gasteiger partial charge in [-0.05, 0) is 25.7 Å². The van der Waals surface area contributed by atoms with E-state index < -0.39 is 0 Å². The topological polar surface area (TPSA) is 57.3 Å². The van der Waals surface area contributed by atoms with Crippen molar-refractivity contribution in [2.45, 2.75) is 57.7 Å². The zero-order valence-corrected chi connectivity index (χ0v) is 11.6. The van der Waals surface area contributed by atoms with Crippen molar-refractivity contribution in [3.8, 4) is 0 Å². The Morgan fingerprint density at radius 2 is 1.56 bits per heavy atom. The Morgan fingerprint density at radius 3 is 2.00 bits per heavy atom. The van der Waals surface area contributed by atoms with Crippen molar-refractivity contribution < 1.29 is 19.3 Å². The molecule has 2 aliphatic heterocycles. The molecule has 0 amide bonds. The molecule has 4 heteroatoms. The summed E-state index contributed by atoms with van der Waals surface area (Å²) in [6, 6.07) is 0. The molecule has 0 saturated carbocycles. The minimum absolute atomic E-state index is 0.0388. The molecule has 0 aromatic heterocycles. The van der Waals surface area contributed by atoms with E-state index in [1.807, 2.05) is 0 Å². The highest BCUT2D eigenvalue weighted by Gasteiger charge is 2.28. The molecule has 2 unspecified atom stereocenters. The van der Waals surface area contributed by atoms with E-state index in [-0.39, 0.29) is 6.61 Å². The summed E-state index contributed by atoms with van der Waals surface area (Å²) in [5.74, 6) is 0. The van der Waals surface area contributed by atoms with Gasteiger partial charge in [0.05, 0.1) is 25.4 Å². The minimum atomic E-state index is 0.0388. The van der Waals surface area contributed by atoms with E-state index in [2.05, 4.69) is 6.92 Å². The highest BCUT2D eigenvalue weighted by atomic mass is 16.6. The Kier molecular flexibility index (Phi) is 9.48. The molecule has 0 N–H and O–H groups in total. The highest BCUT2D eigenvalue weighted by Crippen LogP contribution is 2.22. The molecule has 2 atom stereocenters. The van der Waals surface area contributed by atoms with Crippen LogP contribution in [0.15, 0.2) is 0 Å². The van der Waals surface area contributed by atoms with Crippen molar-refractivity contribution in [3.05, 3.63) is 0 Å². The number of ether oxygens (including phenoxy) is 3. The summed E-state index contributed by atoms with van der Waals surface area (Å²) >= 11 is 0. The van der Waals surface area contributed by atoms with Crippen LogP contribution in [0.4, 0.5) is 0 Å². The van der Waals surface area contributed by atoms with E-state index in [0.29, 0.717) is 12.2 Å². The number of hydrogen-bond acceptors (Lipinski definition) is 4. The highest BCUT2D eigenvalue weighted by molar-refractivity contribution is 4.75.